The van der Waals surface area contributed by atoms with Crippen molar-refractivity contribution in [1.82, 2.24) is 0 Å². The molecule has 8 heteroatoms. The molecule has 0 fully saturated rings. The van der Waals surface area contributed by atoms with E-state index in [-0.39, 0.29) is 5.69 Å². The summed E-state index contributed by atoms with van der Waals surface area (Å²) in [6, 6.07) is 8.03. The van der Waals surface area contributed by atoms with Gasteiger partial charge < -0.3 is 14.8 Å². The van der Waals surface area contributed by atoms with Crippen LogP contribution in [-0.2, 0) is 4.79 Å². The highest BCUT2D eigenvalue weighted by atomic mass is 79.9. The summed E-state index contributed by atoms with van der Waals surface area (Å²) in [4.78, 5) is 22.6. The zero-order valence-electron chi connectivity index (χ0n) is 14.4. The number of nitro benzene ring substituents is 1. The van der Waals surface area contributed by atoms with Crippen molar-refractivity contribution in [2.45, 2.75) is 6.92 Å². The Balaban J connectivity index is 2.16. The predicted octanol–water partition coefficient (Wildman–Crippen LogP) is 4.33. The minimum Gasteiger partial charge on any atom is -0.493 e. The highest BCUT2D eigenvalue weighted by Gasteiger charge is 2.12. The molecule has 0 aliphatic carbocycles. The van der Waals surface area contributed by atoms with Gasteiger partial charge in [-0.2, -0.15) is 0 Å². The first-order valence-corrected chi connectivity index (χ1v) is 8.30. The third-order valence-corrected chi connectivity index (χ3v) is 4.15. The lowest BCUT2D eigenvalue weighted by atomic mass is 10.1. The van der Waals surface area contributed by atoms with E-state index in [0.717, 1.165) is 5.56 Å². The lowest BCUT2D eigenvalue weighted by molar-refractivity contribution is -0.385. The quantitative estimate of drug-likeness (QED) is 0.426. The zero-order valence-corrected chi connectivity index (χ0v) is 16.0. The maximum absolute atomic E-state index is 12.1. The second-order valence-electron chi connectivity index (χ2n) is 5.32. The van der Waals surface area contributed by atoms with Crippen LogP contribution < -0.4 is 14.8 Å². The summed E-state index contributed by atoms with van der Waals surface area (Å²) in [7, 11) is 3.06. The number of carbonyl (C=O) groups is 1. The maximum atomic E-state index is 12.1. The Labute approximate surface area is 158 Å². The van der Waals surface area contributed by atoms with Crippen molar-refractivity contribution in [3.63, 3.8) is 0 Å². The number of nitro groups is 1. The van der Waals surface area contributed by atoms with Crippen LogP contribution in [0.4, 0.5) is 11.4 Å². The van der Waals surface area contributed by atoms with E-state index in [1.807, 2.05) is 0 Å². The molecule has 0 atom stereocenters. The van der Waals surface area contributed by atoms with Crippen molar-refractivity contribution < 1.29 is 19.2 Å². The molecule has 0 spiro atoms. The normalized spacial score (nSPS) is 10.6. The first-order chi connectivity index (χ1) is 12.3. The molecule has 0 saturated carbocycles. The van der Waals surface area contributed by atoms with Gasteiger partial charge in [0.2, 0.25) is 5.91 Å². The standard InChI is InChI=1S/C18H17BrN2O5/c1-11-4-6-13(10-15(11)21(23)24)20-17(22)7-5-12-8-14(19)18(26-3)16(9-12)25-2/h4-10H,1-3H3,(H,20,22)/b7-5+. The van der Waals surface area contributed by atoms with Crippen LogP contribution in [0.25, 0.3) is 6.08 Å². The van der Waals surface area contributed by atoms with Crippen LogP contribution in [0.1, 0.15) is 11.1 Å². The summed E-state index contributed by atoms with van der Waals surface area (Å²) >= 11 is 3.38. The molecule has 26 heavy (non-hydrogen) atoms. The molecule has 1 N–H and O–H groups in total. The molecule has 0 aromatic heterocycles. The molecular formula is C18H17BrN2O5. The number of ether oxygens (including phenoxy) is 2. The molecular weight excluding hydrogens is 404 g/mol. The molecule has 136 valence electrons. The van der Waals surface area contributed by atoms with Gasteiger partial charge in [0.1, 0.15) is 0 Å². The Bertz CT molecular complexity index is 880. The molecule has 0 heterocycles. The van der Waals surface area contributed by atoms with Crippen molar-refractivity contribution in [2.75, 3.05) is 19.5 Å². The largest absolute Gasteiger partial charge is 0.493 e. The highest BCUT2D eigenvalue weighted by molar-refractivity contribution is 9.10. The Hall–Kier alpha value is -2.87. The smallest absolute Gasteiger partial charge is 0.274 e. The molecule has 2 aromatic rings. The second-order valence-corrected chi connectivity index (χ2v) is 6.17. The number of aryl methyl sites for hydroxylation is 1. The molecule has 2 aromatic carbocycles. The number of halogens is 1. The van der Waals surface area contributed by atoms with E-state index in [2.05, 4.69) is 21.2 Å². The summed E-state index contributed by atoms with van der Waals surface area (Å²) in [5, 5.41) is 13.6. The van der Waals surface area contributed by atoms with Crippen LogP contribution in [0, 0.1) is 17.0 Å². The third kappa shape index (κ3) is 4.60. The topological polar surface area (TPSA) is 90.7 Å². The van der Waals surface area contributed by atoms with Gasteiger partial charge in [-0.05, 0) is 52.7 Å². The minimum atomic E-state index is -0.484. The third-order valence-electron chi connectivity index (χ3n) is 3.56. The average molecular weight is 421 g/mol. The molecule has 1 amide bonds. The number of anilines is 1. The summed E-state index contributed by atoms with van der Waals surface area (Å²) in [5.74, 6) is 0.672. The number of nitrogens with one attached hydrogen (secondary N) is 1. The van der Waals surface area contributed by atoms with Crippen LogP contribution in [0.3, 0.4) is 0 Å². The summed E-state index contributed by atoms with van der Waals surface area (Å²) < 4.78 is 11.2. The summed E-state index contributed by atoms with van der Waals surface area (Å²) in [6.45, 7) is 1.64. The number of hydrogen-bond donors (Lipinski definition) is 1. The monoisotopic (exact) mass is 420 g/mol. The van der Waals surface area contributed by atoms with Crippen LogP contribution in [0.15, 0.2) is 40.9 Å². The average Bonchev–Trinajstić information content (AvgIpc) is 2.60. The predicted molar refractivity (Wildman–Crippen MR) is 103 cm³/mol. The van der Waals surface area contributed by atoms with Gasteiger partial charge in [-0.3, -0.25) is 14.9 Å². The van der Waals surface area contributed by atoms with Gasteiger partial charge in [-0.25, -0.2) is 0 Å². The van der Waals surface area contributed by atoms with Crippen LogP contribution in [0.5, 0.6) is 11.5 Å². The summed E-state index contributed by atoms with van der Waals surface area (Å²) in [6.07, 6.45) is 2.93. The number of methoxy groups -OCH3 is 2. The van der Waals surface area contributed by atoms with Crippen molar-refractivity contribution >= 4 is 39.3 Å². The van der Waals surface area contributed by atoms with E-state index in [4.69, 9.17) is 9.47 Å². The fraction of sp³-hybridized carbons (Fsp3) is 0.167. The zero-order chi connectivity index (χ0) is 19.3. The fourth-order valence-electron chi connectivity index (χ4n) is 2.27. The van der Waals surface area contributed by atoms with Crippen LogP contribution in [-0.4, -0.2) is 25.1 Å². The van der Waals surface area contributed by atoms with E-state index in [1.54, 1.807) is 37.3 Å². The molecule has 0 saturated heterocycles. The number of nitrogens with zero attached hydrogens (tertiary/aromatic N) is 1. The van der Waals surface area contributed by atoms with Crippen LogP contribution in [0.2, 0.25) is 0 Å². The molecule has 2 rings (SSSR count). The van der Waals surface area contributed by atoms with Crippen molar-refractivity contribution in [2.24, 2.45) is 0 Å². The lowest BCUT2D eigenvalue weighted by Crippen LogP contribution is -2.08. The Morgan fingerprint density at radius 3 is 2.58 bits per heavy atom. The Kier molecular flexibility index (Phi) is 6.35. The fourth-order valence-corrected chi connectivity index (χ4v) is 2.90. The minimum absolute atomic E-state index is 0.0457. The number of benzene rings is 2. The van der Waals surface area contributed by atoms with E-state index < -0.39 is 10.8 Å². The van der Waals surface area contributed by atoms with Gasteiger partial charge >= 0.3 is 0 Å². The van der Waals surface area contributed by atoms with Gasteiger partial charge in [0.25, 0.3) is 5.69 Å². The number of hydrogen-bond acceptors (Lipinski definition) is 5. The number of carbonyl (C=O) groups excluding carboxylic acids is 1. The molecule has 0 aliphatic heterocycles. The van der Waals surface area contributed by atoms with E-state index in [0.29, 0.717) is 27.2 Å². The maximum Gasteiger partial charge on any atom is 0.274 e. The molecule has 0 unspecified atom stereocenters. The number of amides is 1. The van der Waals surface area contributed by atoms with Gasteiger partial charge in [-0.1, -0.05) is 6.07 Å². The van der Waals surface area contributed by atoms with Crippen molar-refractivity contribution in [1.29, 1.82) is 0 Å². The van der Waals surface area contributed by atoms with E-state index in [1.165, 1.54) is 26.4 Å². The number of rotatable bonds is 6. The first kappa shape index (κ1) is 19.5. The summed E-state index contributed by atoms with van der Waals surface area (Å²) in [5.41, 5.74) is 1.55. The molecule has 7 nitrogen and oxygen atoms in total. The SMILES string of the molecule is COc1cc(/C=C/C(=O)Nc2ccc(C)c([N+](=O)[O-])c2)cc(Br)c1OC. The van der Waals surface area contributed by atoms with Gasteiger partial charge in [0, 0.05) is 23.4 Å². The molecule has 0 aliphatic rings. The Morgan fingerprint density at radius 2 is 1.96 bits per heavy atom. The lowest BCUT2D eigenvalue weighted by Gasteiger charge is -2.10. The molecule has 0 bridgehead atoms. The highest BCUT2D eigenvalue weighted by Crippen LogP contribution is 2.36. The second kappa shape index (κ2) is 8.48. The van der Waals surface area contributed by atoms with E-state index in [9.17, 15) is 14.9 Å². The van der Waals surface area contributed by atoms with Crippen molar-refractivity contribution in [3.8, 4) is 11.5 Å². The van der Waals surface area contributed by atoms with E-state index >= 15 is 0 Å². The van der Waals surface area contributed by atoms with Crippen LogP contribution >= 0.6 is 15.9 Å². The van der Waals surface area contributed by atoms with Gasteiger partial charge in [0.05, 0.1) is 23.6 Å². The Morgan fingerprint density at radius 1 is 1.23 bits per heavy atom. The van der Waals surface area contributed by atoms with Gasteiger partial charge in [0.15, 0.2) is 11.5 Å². The first-order valence-electron chi connectivity index (χ1n) is 7.51. The van der Waals surface area contributed by atoms with Crippen molar-refractivity contribution in [3.05, 3.63) is 62.1 Å². The van der Waals surface area contributed by atoms with Gasteiger partial charge in [-0.15, -0.1) is 0 Å². The molecule has 0 radical (unpaired) electrons.